The molecule has 0 aliphatic carbocycles. The van der Waals surface area contributed by atoms with Crippen molar-refractivity contribution in [1.82, 2.24) is 5.01 Å². The molecule has 0 fully saturated rings. The van der Waals surface area contributed by atoms with E-state index < -0.39 is 12.0 Å². The van der Waals surface area contributed by atoms with Gasteiger partial charge in [0, 0.05) is 0 Å². The zero-order valence-electron chi connectivity index (χ0n) is 9.37. The van der Waals surface area contributed by atoms with Crippen LogP contribution in [0.25, 0.3) is 0 Å². The standard InChI is InChI=1S/C11H13N3O3/c1-17-10(15)7-13-14(11(12)16)8-9-5-3-2-4-6-9/h2-7H,8H2,1H3,(H2,12,16). The monoisotopic (exact) mass is 235 g/mol. The molecular formula is C11H13N3O3. The van der Waals surface area contributed by atoms with E-state index in [0.29, 0.717) is 0 Å². The first kappa shape index (κ1) is 12.7. The molecule has 0 aromatic heterocycles. The van der Waals surface area contributed by atoms with Crippen LogP contribution in [0.4, 0.5) is 4.79 Å². The van der Waals surface area contributed by atoms with Crippen molar-refractivity contribution in [2.24, 2.45) is 10.8 Å². The number of hydrazone groups is 1. The van der Waals surface area contributed by atoms with Gasteiger partial charge in [-0.2, -0.15) is 5.10 Å². The van der Waals surface area contributed by atoms with Gasteiger partial charge in [0.05, 0.1) is 13.7 Å². The summed E-state index contributed by atoms with van der Waals surface area (Å²) in [5.41, 5.74) is 5.99. The third-order valence-electron chi connectivity index (χ3n) is 1.93. The number of benzene rings is 1. The number of nitrogens with zero attached hydrogens (tertiary/aromatic N) is 2. The molecule has 0 radical (unpaired) electrons. The molecule has 0 saturated heterocycles. The summed E-state index contributed by atoms with van der Waals surface area (Å²) >= 11 is 0. The Labute approximate surface area is 98.7 Å². The van der Waals surface area contributed by atoms with Gasteiger partial charge >= 0.3 is 12.0 Å². The number of nitrogens with two attached hydrogens (primary N) is 1. The average Bonchev–Trinajstić information content (AvgIpc) is 2.34. The highest BCUT2D eigenvalue weighted by Crippen LogP contribution is 2.04. The van der Waals surface area contributed by atoms with E-state index in [-0.39, 0.29) is 6.54 Å². The summed E-state index contributed by atoms with van der Waals surface area (Å²) in [6.45, 7) is 0.198. The fourth-order valence-electron chi connectivity index (χ4n) is 1.10. The molecule has 2 amide bonds. The predicted octanol–water partition coefficient (Wildman–Crippen LogP) is 0.726. The lowest BCUT2D eigenvalue weighted by molar-refractivity contribution is -0.132. The normalized spacial score (nSPS) is 10.2. The molecule has 0 spiro atoms. The molecule has 0 saturated carbocycles. The Kier molecular flexibility index (Phi) is 4.68. The number of carbonyl (C=O) groups excluding carboxylic acids is 2. The second-order valence-electron chi connectivity index (χ2n) is 3.15. The zero-order valence-corrected chi connectivity index (χ0v) is 9.37. The lowest BCUT2D eigenvalue weighted by Gasteiger charge is -2.13. The average molecular weight is 235 g/mol. The Morgan fingerprint density at radius 2 is 2.06 bits per heavy atom. The number of carbonyl (C=O) groups is 2. The van der Waals surface area contributed by atoms with E-state index in [0.717, 1.165) is 16.8 Å². The van der Waals surface area contributed by atoms with Crippen molar-refractivity contribution < 1.29 is 14.3 Å². The molecule has 2 N–H and O–H groups in total. The molecule has 1 aromatic rings. The summed E-state index contributed by atoms with van der Waals surface area (Å²) in [5.74, 6) is -0.649. The maximum atomic E-state index is 11.1. The Morgan fingerprint density at radius 3 is 2.59 bits per heavy atom. The lowest BCUT2D eigenvalue weighted by Crippen LogP contribution is -2.31. The Hall–Kier alpha value is -2.37. The Morgan fingerprint density at radius 1 is 1.41 bits per heavy atom. The van der Waals surface area contributed by atoms with Crippen LogP contribution in [0, 0.1) is 0 Å². The number of esters is 1. The SMILES string of the molecule is COC(=O)C=NN(Cc1ccccc1)C(N)=O. The summed E-state index contributed by atoms with van der Waals surface area (Å²) in [4.78, 5) is 21.9. The zero-order chi connectivity index (χ0) is 12.7. The van der Waals surface area contributed by atoms with Crippen LogP contribution in [0.3, 0.4) is 0 Å². The van der Waals surface area contributed by atoms with Gasteiger partial charge in [-0.05, 0) is 5.56 Å². The van der Waals surface area contributed by atoms with Crippen molar-refractivity contribution in [2.45, 2.75) is 6.54 Å². The van der Waals surface area contributed by atoms with Crippen LogP contribution in [0.1, 0.15) is 5.56 Å². The number of ether oxygens (including phenoxy) is 1. The number of urea groups is 1. The van der Waals surface area contributed by atoms with Gasteiger partial charge < -0.3 is 10.5 Å². The molecule has 6 heteroatoms. The minimum absolute atomic E-state index is 0.198. The van der Waals surface area contributed by atoms with Crippen LogP contribution in [0.2, 0.25) is 0 Å². The number of primary amides is 1. The van der Waals surface area contributed by atoms with Crippen LogP contribution in [0.5, 0.6) is 0 Å². The topological polar surface area (TPSA) is 85.0 Å². The van der Waals surface area contributed by atoms with Gasteiger partial charge in [0.2, 0.25) is 0 Å². The van der Waals surface area contributed by atoms with Crippen molar-refractivity contribution in [1.29, 1.82) is 0 Å². The molecule has 0 aliphatic rings. The van der Waals surface area contributed by atoms with Gasteiger partial charge in [-0.15, -0.1) is 0 Å². The van der Waals surface area contributed by atoms with Crippen LogP contribution in [-0.2, 0) is 16.1 Å². The predicted molar refractivity (Wildman–Crippen MR) is 62.1 cm³/mol. The first-order chi connectivity index (χ1) is 8.13. The Balaban J connectivity index is 2.71. The summed E-state index contributed by atoms with van der Waals surface area (Å²) in [5, 5.41) is 4.63. The maximum absolute atomic E-state index is 11.1. The summed E-state index contributed by atoms with van der Waals surface area (Å²) in [6.07, 6.45) is 0.897. The molecule has 0 atom stereocenters. The molecular weight excluding hydrogens is 222 g/mol. The molecule has 6 nitrogen and oxygen atoms in total. The molecule has 90 valence electrons. The van der Waals surface area contributed by atoms with E-state index in [1.54, 1.807) is 0 Å². The summed E-state index contributed by atoms with van der Waals surface area (Å²) in [6, 6.07) is 8.43. The minimum Gasteiger partial charge on any atom is -0.465 e. The second kappa shape index (κ2) is 6.26. The van der Waals surface area contributed by atoms with Crippen LogP contribution < -0.4 is 5.73 Å². The smallest absolute Gasteiger partial charge is 0.350 e. The van der Waals surface area contributed by atoms with Crippen molar-refractivity contribution in [3.8, 4) is 0 Å². The number of amides is 2. The van der Waals surface area contributed by atoms with Crippen molar-refractivity contribution >= 4 is 18.2 Å². The highest BCUT2D eigenvalue weighted by molar-refractivity contribution is 6.23. The molecule has 1 rings (SSSR count). The first-order valence-electron chi connectivity index (χ1n) is 4.86. The number of hydrogen-bond donors (Lipinski definition) is 1. The minimum atomic E-state index is -0.742. The second-order valence-corrected chi connectivity index (χ2v) is 3.15. The van der Waals surface area contributed by atoms with Crippen molar-refractivity contribution in [3.63, 3.8) is 0 Å². The molecule has 1 aromatic carbocycles. The van der Waals surface area contributed by atoms with E-state index in [1.165, 1.54) is 7.11 Å². The van der Waals surface area contributed by atoms with Gasteiger partial charge in [-0.25, -0.2) is 14.6 Å². The number of hydrogen-bond acceptors (Lipinski definition) is 4. The fraction of sp³-hybridized carbons (Fsp3) is 0.182. The third kappa shape index (κ3) is 4.33. The maximum Gasteiger partial charge on any atom is 0.350 e. The highest BCUT2D eigenvalue weighted by Gasteiger charge is 2.08. The summed E-state index contributed by atoms with van der Waals surface area (Å²) in [7, 11) is 1.22. The van der Waals surface area contributed by atoms with Crippen LogP contribution in [-0.4, -0.2) is 30.3 Å². The van der Waals surface area contributed by atoms with Crippen molar-refractivity contribution in [3.05, 3.63) is 35.9 Å². The van der Waals surface area contributed by atoms with Crippen molar-refractivity contribution in [2.75, 3.05) is 7.11 Å². The molecule has 17 heavy (non-hydrogen) atoms. The van der Waals surface area contributed by atoms with Gasteiger partial charge in [0.25, 0.3) is 0 Å². The van der Waals surface area contributed by atoms with Gasteiger partial charge in [0.1, 0.15) is 6.21 Å². The molecule has 0 aliphatic heterocycles. The van der Waals surface area contributed by atoms with E-state index in [9.17, 15) is 9.59 Å². The molecule has 0 unspecified atom stereocenters. The Bertz CT molecular complexity index is 417. The molecule has 0 bridgehead atoms. The van der Waals surface area contributed by atoms with Gasteiger partial charge in [0.15, 0.2) is 0 Å². The third-order valence-corrected chi connectivity index (χ3v) is 1.93. The largest absolute Gasteiger partial charge is 0.465 e. The first-order valence-corrected chi connectivity index (χ1v) is 4.86. The summed E-state index contributed by atoms with van der Waals surface area (Å²) < 4.78 is 4.36. The van der Waals surface area contributed by atoms with Crippen LogP contribution >= 0.6 is 0 Å². The lowest BCUT2D eigenvalue weighted by atomic mass is 10.2. The van der Waals surface area contributed by atoms with E-state index >= 15 is 0 Å². The fourth-order valence-corrected chi connectivity index (χ4v) is 1.10. The highest BCUT2D eigenvalue weighted by atomic mass is 16.5. The number of methoxy groups -OCH3 is 1. The number of rotatable bonds is 4. The van der Waals surface area contributed by atoms with E-state index in [2.05, 4.69) is 9.84 Å². The van der Waals surface area contributed by atoms with Gasteiger partial charge in [-0.1, -0.05) is 30.3 Å². The van der Waals surface area contributed by atoms with E-state index in [4.69, 9.17) is 5.73 Å². The van der Waals surface area contributed by atoms with E-state index in [1.807, 2.05) is 30.3 Å². The molecule has 0 heterocycles. The van der Waals surface area contributed by atoms with Crippen LogP contribution in [0.15, 0.2) is 35.4 Å². The quantitative estimate of drug-likeness (QED) is 0.474. The van der Waals surface area contributed by atoms with Gasteiger partial charge in [-0.3, -0.25) is 0 Å².